The summed E-state index contributed by atoms with van der Waals surface area (Å²) in [5.41, 5.74) is 1.17. The Hall–Kier alpha value is -2.19. The van der Waals surface area contributed by atoms with Gasteiger partial charge in [-0.1, -0.05) is 29.8 Å². The molecule has 0 saturated carbocycles. The molecule has 2 aromatic heterocycles. The van der Waals surface area contributed by atoms with E-state index in [-0.39, 0.29) is 24.8 Å². The molecule has 0 atom stereocenters. The Morgan fingerprint density at radius 3 is 2.72 bits per heavy atom. The number of nitrogens with one attached hydrogen (secondary N) is 1. The number of aromatic nitrogens is 4. The van der Waals surface area contributed by atoms with Crippen LogP contribution in [0.3, 0.4) is 0 Å². The van der Waals surface area contributed by atoms with E-state index in [9.17, 15) is 9.18 Å². The van der Waals surface area contributed by atoms with Crippen LogP contribution in [0, 0.1) is 12.7 Å². The normalized spacial score (nSPS) is 10.9. The number of anilines is 1. The average molecular weight is 427 g/mol. The summed E-state index contributed by atoms with van der Waals surface area (Å²) in [6.45, 7) is 2.03. The van der Waals surface area contributed by atoms with Crippen molar-refractivity contribution in [1.29, 1.82) is 0 Å². The van der Waals surface area contributed by atoms with Gasteiger partial charge in [0, 0.05) is 18.0 Å². The molecule has 0 bridgehead atoms. The Morgan fingerprint density at radius 2 is 2.04 bits per heavy atom. The predicted octanol–water partition coefficient (Wildman–Crippen LogP) is 3.63. The SMILES string of the molecule is Cc1nn(CC(=O)Nc2nn(Cc3ccccc3F)cc2Br)cc1Cl. The molecule has 0 spiro atoms. The maximum Gasteiger partial charge on any atom is 0.247 e. The number of benzene rings is 1. The number of halogens is 3. The van der Waals surface area contributed by atoms with Crippen molar-refractivity contribution >= 4 is 39.3 Å². The largest absolute Gasteiger partial charge is 0.307 e. The first-order valence-corrected chi connectivity index (χ1v) is 8.55. The van der Waals surface area contributed by atoms with Crippen molar-refractivity contribution in [3.8, 4) is 0 Å². The summed E-state index contributed by atoms with van der Waals surface area (Å²) < 4.78 is 17.3. The van der Waals surface area contributed by atoms with Crippen molar-refractivity contribution in [2.75, 3.05) is 5.32 Å². The molecule has 2 heterocycles. The van der Waals surface area contributed by atoms with Gasteiger partial charge in [-0.25, -0.2) is 4.39 Å². The number of rotatable bonds is 5. The number of carbonyl (C=O) groups is 1. The van der Waals surface area contributed by atoms with E-state index >= 15 is 0 Å². The maximum absolute atomic E-state index is 13.7. The summed E-state index contributed by atoms with van der Waals surface area (Å²) in [5, 5.41) is 11.6. The van der Waals surface area contributed by atoms with Crippen LogP contribution in [0.15, 0.2) is 41.1 Å². The van der Waals surface area contributed by atoms with Crippen LogP contribution in [0.2, 0.25) is 5.02 Å². The molecule has 1 amide bonds. The van der Waals surface area contributed by atoms with Crippen LogP contribution in [0.1, 0.15) is 11.3 Å². The molecule has 9 heteroatoms. The highest BCUT2D eigenvalue weighted by atomic mass is 79.9. The summed E-state index contributed by atoms with van der Waals surface area (Å²) in [4.78, 5) is 12.1. The third kappa shape index (κ3) is 4.26. The Labute approximate surface area is 156 Å². The van der Waals surface area contributed by atoms with Crippen LogP contribution >= 0.6 is 27.5 Å². The first-order valence-electron chi connectivity index (χ1n) is 7.38. The number of carbonyl (C=O) groups excluding carboxylic acids is 1. The zero-order valence-electron chi connectivity index (χ0n) is 13.2. The molecule has 0 aliphatic carbocycles. The first kappa shape index (κ1) is 17.6. The molecule has 6 nitrogen and oxygen atoms in total. The van der Waals surface area contributed by atoms with Crippen LogP contribution in [0.25, 0.3) is 0 Å². The summed E-state index contributed by atoms with van der Waals surface area (Å²) in [5.74, 6) is -0.238. The molecule has 1 N–H and O–H groups in total. The number of hydrogen-bond donors (Lipinski definition) is 1. The lowest BCUT2D eigenvalue weighted by atomic mass is 10.2. The summed E-state index contributed by atoms with van der Waals surface area (Å²) in [6, 6.07) is 6.48. The molecule has 0 aliphatic rings. The first-order chi connectivity index (χ1) is 11.9. The van der Waals surface area contributed by atoms with Crippen LogP contribution in [0.5, 0.6) is 0 Å². The van der Waals surface area contributed by atoms with Gasteiger partial charge in [-0.05, 0) is 28.9 Å². The van der Waals surface area contributed by atoms with Crippen LogP contribution in [0.4, 0.5) is 10.2 Å². The van der Waals surface area contributed by atoms with E-state index in [0.717, 1.165) is 0 Å². The van der Waals surface area contributed by atoms with Gasteiger partial charge in [-0.3, -0.25) is 14.2 Å². The van der Waals surface area contributed by atoms with Gasteiger partial charge >= 0.3 is 0 Å². The number of hydrogen-bond acceptors (Lipinski definition) is 3. The van der Waals surface area contributed by atoms with Crippen LogP contribution in [-0.4, -0.2) is 25.5 Å². The minimum atomic E-state index is -0.300. The van der Waals surface area contributed by atoms with Gasteiger partial charge in [0.1, 0.15) is 12.4 Å². The van der Waals surface area contributed by atoms with Gasteiger partial charge in [0.25, 0.3) is 0 Å². The van der Waals surface area contributed by atoms with Crippen molar-refractivity contribution < 1.29 is 9.18 Å². The topological polar surface area (TPSA) is 64.7 Å². The summed E-state index contributed by atoms with van der Waals surface area (Å²) >= 11 is 9.27. The molecule has 25 heavy (non-hydrogen) atoms. The van der Waals surface area contributed by atoms with E-state index < -0.39 is 0 Å². The zero-order chi connectivity index (χ0) is 18.0. The Kier molecular flexibility index (Phi) is 5.19. The highest BCUT2D eigenvalue weighted by molar-refractivity contribution is 9.10. The summed E-state index contributed by atoms with van der Waals surface area (Å²) in [6.07, 6.45) is 3.26. The Bertz CT molecular complexity index is 904. The number of aryl methyl sites for hydroxylation is 1. The molecular formula is C16H14BrClFN5O. The third-order valence-corrected chi connectivity index (χ3v) is 4.41. The minimum Gasteiger partial charge on any atom is -0.307 e. The molecule has 130 valence electrons. The molecule has 1 aromatic carbocycles. The second kappa shape index (κ2) is 7.37. The lowest BCUT2D eigenvalue weighted by Crippen LogP contribution is -2.19. The van der Waals surface area contributed by atoms with Crippen molar-refractivity contribution in [2.45, 2.75) is 20.0 Å². The van der Waals surface area contributed by atoms with Crippen molar-refractivity contribution in [1.82, 2.24) is 19.6 Å². The molecule has 0 fully saturated rings. The third-order valence-electron chi connectivity index (χ3n) is 3.46. The number of amides is 1. The quantitative estimate of drug-likeness (QED) is 0.677. The molecular weight excluding hydrogens is 413 g/mol. The lowest BCUT2D eigenvalue weighted by molar-refractivity contribution is -0.116. The van der Waals surface area contributed by atoms with Crippen molar-refractivity contribution in [3.05, 3.63) is 63.2 Å². The molecule has 0 unspecified atom stereocenters. The van der Waals surface area contributed by atoms with E-state index in [1.54, 1.807) is 42.2 Å². The standard InChI is InChI=1S/C16H14BrClFN5O/c1-10-13(18)8-24(21-10)9-15(25)20-16-12(17)7-23(22-16)6-11-4-2-3-5-14(11)19/h2-5,7-8H,6,9H2,1H3,(H,20,22,25). The highest BCUT2D eigenvalue weighted by Gasteiger charge is 2.13. The van der Waals surface area contributed by atoms with Crippen LogP contribution < -0.4 is 5.32 Å². The molecule has 3 rings (SSSR count). The molecule has 3 aromatic rings. The van der Waals surface area contributed by atoms with Gasteiger partial charge < -0.3 is 5.32 Å². The summed E-state index contributed by atoms with van der Waals surface area (Å²) in [7, 11) is 0. The fourth-order valence-electron chi connectivity index (χ4n) is 2.26. The minimum absolute atomic E-state index is 0.0141. The second-order valence-electron chi connectivity index (χ2n) is 5.42. The monoisotopic (exact) mass is 425 g/mol. The van der Waals surface area contributed by atoms with Gasteiger partial charge in [0.05, 0.1) is 21.7 Å². The lowest BCUT2D eigenvalue weighted by Gasteiger charge is -2.04. The van der Waals surface area contributed by atoms with E-state index in [4.69, 9.17) is 11.6 Å². The van der Waals surface area contributed by atoms with Crippen molar-refractivity contribution in [2.24, 2.45) is 0 Å². The fraction of sp³-hybridized carbons (Fsp3) is 0.188. The Morgan fingerprint density at radius 1 is 1.28 bits per heavy atom. The van der Waals surface area contributed by atoms with Gasteiger partial charge in [0.2, 0.25) is 5.91 Å². The van der Waals surface area contributed by atoms with E-state index in [2.05, 4.69) is 31.4 Å². The predicted molar refractivity (Wildman–Crippen MR) is 96.0 cm³/mol. The molecule has 0 saturated heterocycles. The zero-order valence-corrected chi connectivity index (χ0v) is 15.6. The fourth-order valence-corrected chi connectivity index (χ4v) is 2.82. The van der Waals surface area contributed by atoms with Gasteiger partial charge in [-0.15, -0.1) is 0 Å². The van der Waals surface area contributed by atoms with E-state index in [0.29, 0.717) is 26.6 Å². The van der Waals surface area contributed by atoms with Gasteiger partial charge in [0.15, 0.2) is 5.82 Å². The van der Waals surface area contributed by atoms with E-state index in [1.165, 1.54) is 10.7 Å². The highest BCUT2D eigenvalue weighted by Crippen LogP contribution is 2.21. The average Bonchev–Trinajstić information content (AvgIpc) is 3.04. The smallest absolute Gasteiger partial charge is 0.247 e. The Balaban J connectivity index is 1.68. The second-order valence-corrected chi connectivity index (χ2v) is 6.68. The number of nitrogens with zero attached hydrogens (tertiary/aromatic N) is 4. The van der Waals surface area contributed by atoms with Crippen LogP contribution in [-0.2, 0) is 17.9 Å². The van der Waals surface area contributed by atoms with E-state index in [1.807, 2.05) is 0 Å². The van der Waals surface area contributed by atoms with Gasteiger partial charge in [-0.2, -0.15) is 10.2 Å². The molecule has 0 radical (unpaired) electrons. The maximum atomic E-state index is 13.7. The van der Waals surface area contributed by atoms with Crippen molar-refractivity contribution in [3.63, 3.8) is 0 Å². The molecule has 0 aliphatic heterocycles.